The van der Waals surface area contributed by atoms with Gasteiger partial charge < -0.3 is 10.2 Å². The van der Waals surface area contributed by atoms with Crippen LogP contribution in [0.4, 0.5) is 0 Å². The van der Waals surface area contributed by atoms with Crippen molar-refractivity contribution in [3.8, 4) is 0 Å². The van der Waals surface area contributed by atoms with E-state index in [1.165, 1.54) is 45.3 Å². The summed E-state index contributed by atoms with van der Waals surface area (Å²) >= 11 is 0. The lowest BCUT2D eigenvalue weighted by Gasteiger charge is -2.42. The molecule has 0 aromatic heterocycles. The highest BCUT2D eigenvalue weighted by Gasteiger charge is 2.29. The van der Waals surface area contributed by atoms with Crippen LogP contribution in [0.3, 0.4) is 0 Å². The molecule has 19 heavy (non-hydrogen) atoms. The predicted molar refractivity (Wildman–Crippen MR) is 82.5 cm³/mol. The number of hydrogen-bond acceptors (Lipinski definition) is 3. The number of hydrogen-bond donors (Lipinski definition) is 1. The SMILES string of the molecule is CCNC1CCCC1CCN1CC(C)N(C)C(C)C1. The summed E-state index contributed by atoms with van der Waals surface area (Å²) in [5, 5.41) is 3.68. The third kappa shape index (κ3) is 3.93. The minimum atomic E-state index is 0.705. The number of piperazine rings is 1. The topological polar surface area (TPSA) is 18.5 Å². The van der Waals surface area contributed by atoms with E-state index in [-0.39, 0.29) is 0 Å². The van der Waals surface area contributed by atoms with Crippen molar-refractivity contribution < 1.29 is 0 Å². The summed E-state index contributed by atoms with van der Waals surface area (Å²) in [5.41, 5.74) is 0. The molecule has 112 valence electrons. The summed E-state index contributed by atoms with van der Waals surface area (Å²) in [7, 11) is 2.27. The maximum Gasteiger partial charge on any atom is 0.0195 e. The summed E-state index contributed by atoms with van der Waals surface area (Å²) in [6.07, 6.45) is 5.66. The molecule has 4 atom stereocenters. The van der Waals surface area contributed by atoms with Crippen molar-refractivity contribution in [2.45, 2.75) is 64.6 Å². The van der Waals surface area contributed by atoms with Crippen molar-refractivity contribution >= 4 is 0 Å². The van der Waals surface area contributed by atoms with Crippen LogP contribution in [0.5, 0.6) is 0 Å². The number of likely N-dealkylation sites (N-methyl/N-ethyl adjacent to an activating group) is 1. The van der Waals surface area contributed by atoms with Crippen LogP contribution in [0, 0.1) is 5.92 Å². The Morgan fingerprint density at radius 1 is 1.11 bits per heavy atom. The largest absolute Gasteiger partial charge is 0.314 e. The van der Waals surface area contributed by atoms with Crippen molar-refractivity contribution in [3.63, 3.8) is 0 Å². The highest BCUT2D eigenvalue weighted by Crippen LogP contribution is 2.29. The molecule has 0 aromatic rings. The summed E-state index contributed by atoms with van der Waals surface area (Å²) in [5.74, 6) is 0.921. The van der Waals surface area contributed by atoms with Crippen molar-refractivity contribution in [3.05, 3.63) is 0 Å². The van der Waals surface area contributed by atoms with Gasteiger partial charge in [0.1, 0.15) is 0 Å². The fraction of sp³-hybridized carbons (Fsp3) is 1.00. The molecule has 3 heteroatoms. The molecule has 4 unspecified atom stereocenters. The summed E-state index contributed by atoms with van der Waals surface area (Å²) in [4.78, 5) is 5.21. The second-order valence-corrected chi connectivity index (χ2v) is 6.77. The Labute approximate surface area is 119 Å². The van der Waals surface area contributed by atoms with Crippen molar-refractivity contribution in [1.82, 2.24) is 15.1 Å². The number of nitrogens with zero attached hydrogens (tertiary/aromatic N) is 2. The van der Waals surface area contributed by atoms with Gasteiger partial charge in [0.15, 0.2) is 0 Å². The van der Waals surface area contributed by atoms with Crippen molar-refractivity contribution in [1.29, 1.82) is 0 Å². The highest BCUT2D eigenvalue weighted by molar-refractivity contribution is 4.86. The van der Waals surface area contributed by atoms with Gasteiger partial charge in [0.05, 0.1) is 0 Å². The van der Waals surface area contributed by atoms with Gasteiger partial charge in [0.25, 0.3) is 0 Å². The third-order valence-corrected chi connectivity index (χ3v) is 5.38. The van der Waals surface area contributed by atoms with Gasteiger partial charge in [-0.15, -0.1) is 0 Å². The van der Waals surface area contributed by atoms with Crippen LogP contribution < -0.4 is 5.32 Å². The first-order valence-electron chi connectivity index (χ1n) is 8.29. The third-order valence-electron chi connectivity index (χ3n) is 5.38. The van der Waals surface area contributed by atoms with E-state index in [2.05, 4.69) is 42.9 Å². The van der Waals surface area contributed by atoms with Crippen molar-refractivity contribution in [2.75, 3.05) is 33.2 Å². The summed E-state index contributed by atoms with van der Waals surface area (Å²) in [6, 6.07) is 2.21. The van der Waals surface area contributed by atoms with Crippen LogP contribution in [0.2, 0.25) is 0 Å². The lowest BCUT2D eigenvalue weighted by molar-refractivity contribution is 0.0561. The lowest BCUT2D eigenvalue weighted by Crippen LogP contribution is -2.55. The first kappa shape index (κ1) is 15.3. The van der Waals surface area contributed by atoms with E-state index >= 15 is 0 Å². The zero-order chi connectivity index (χ0) is 13.8. The Balaban J connectivity index is 1.76. The molecule has 1 N–H and O–H groups in total. The van der Waals surface area contributed by atoms with Gasteiger partial charge in [-0.1, -0.05) is 13.3 Å². The molecule has 2 rings (SSSR count). The standard InChI is InChI=1S/C16H33N3/c1-5-17-16-8-6-7-15(16)9-10-19-11-13(2)18(4)14(3)12-19/h13-17H,5-12H2,1-4H3. The van der Waals surface area contributed by atoms with E-state index in [0.29, 0.717) is 12.1 Å². The van der Waals surface area contributed by atoms with E-state index < -0.39 is 0 Å². The molecule has 1 saturated heterocycles. The van der Waals surface area contributed by atoms with Gasteiger partial charge in [0.2, 0.25) is 0 Å². The molecular weight excluding hydrogens is 234 g/mol. The quantitative estimate of drug-likeness (QED) is 0.824. The van der Waals surface area contributed by atoms with Crippen molar-refractivity contribution in [2.24, 2.45) is 5.92 Å². The number of rotatable bonds is 5. The zero-order valence-corrected chi connectivity index (χ0v) is 13.4. The Bertz CT molecular complexity index is 257. The fourth-order valence-corrected chi connectivity index (χ4v) is 3.96. The normalized spacial score (nSPS) is 37.9. The Morgan fingerprint density at radius 2 is 1.79 bits per heavy atom. The van der Waals surface area contributed by atoms with Gasteiger partial charge in [0, 0.05) is 31.2 Å². The highest BCUT2D eigenvalue weighted by atomic mass is 15.3. The molecule has 1 aliphatic carbocycles. The summed E-state index contributed by atoms with van der Waals surface area (Å²) in [6.45, 7) is 11.9. The van der Waals surface area contributed by atoms with Crippen LogP contribution in [0.1, 0.15) is 46.5 Å². The van der Waals surface area contributed by atoms with Gasteiger partial charge in [-0.25, -0.2) is 0 Å². The zero-order valence-electron chi connectivity index (χ0n) is 13.4. The molecular formula is C16H33N3. The second kappa shape index (κ2) is 7.05. The van der Waals surface area contributed by atoms with E-state index in [4.69, 9.17) is 0 Å². The van der Waals surface area contributed by atoms with Gasteiger partial charge in [-0.3, -0.25) is 4.90 Å². The van der Waals surface area contributed by atoms with Gasteiger partial charge in [-0.05, 0) is 59.2 Å². The first-order valence-corrected chi connectivity index (χ1v) is 8.29. The monoisotopic (exact) mass is 267 g/mol. The van der Waals surface area contributed by atoms with Gasteiger partial charge >= 0.3 is 0 Å². The molecule has 2 fully saturated rings. The van der Waals surface area contributed by atoms with Crippen LogP contribution in [-0.2, 0) is 0 Å². The average Bonchev–Trinajstić information content (AvgIpc) is 2.81. The molecule has 0 amide bonds. The Morgan fingerprint density at radius 3 is 2.42 bits per heavy atom. The first-order chi connectivity index (χ1) is 9.11. The van der Waals surface area contributed by atoms with E-state index in [9.17, 15) is 0 Å². The molecule has 0 bridgehead atoms. The summed E-state index contributed by atoms with van der Waals surface area (Å²) < 4.78 is 0. The molecule has 1 saturated carbocycles. The minimum absolute atomic E-state index is 0.705. The second-order valence-electron chi connectivity index (χ2n) is 6.77. The molecule has 0 aromatic carbocycles. The predicted octanol–water partition coefficient (Wildman–Crippen LogP) is 2.18. The molecule has 1 heterocycles. The molecule has 0 radical (unpaired) electrons. The Kier molecular flexibility index (Phi) is 5.67. The van der Waals surface area contributed by atoms with Crippen LogP contribution in [0.25, 0.3) is 0 Å². The maximum atomic E-state index is 3.68. The van der Waals surface area contributed by atoms with Crippen LogP contribution in [-0.4, -0.2) is 61.2 Å². The molecule has 0 spiro atoms. The smallest absolute Gasteiger partial charge is 0.0195 e. The number of nitrogens with one attached hydrogen (secondary N) is 1. The van der Waals surface area contributed by atoms with Gasteiger partial charge in [-0.2, -0.15) is 0 Å². The van der Waals surface area contributed by atoms with E-state index in [1.54, 1.807) is 0 Å². The molecule has 3 nitrogen and oxygen atoms in total. The fourth-order valence-electron chi connectivity index (χ4n) is 3.96. The maximum absolute atomic E-state index is 3.68. The lowest BCUT2D eigenvalue weighted by atomic mass is 9.98. The van der Waals surface area contributed by atoms with E-state index in [0.717, 1.165) is 18.5 Å². The molecule has 1 aliphatic heterocycles. The van der Waals surface area contributed by atoms with Crippen LogP contribution in [0.15, 0.2) is 0 Å². The minimum Gasteiger partial charge on any atom is -0.314 e. The Hall–Kier alpha value is -0.120. The van der Waals surface area contributed by atoms with Crippen LogP contribution >= 0.6 is 0 Å². The average molecular weight is 267 g/mol. The van der Waals surface area contributed by atoms with E-state index in [1.807, 2.05) is 0 Å². The molecule has 2 aliphatic rings.